The third-order valence-electron chi connectivity index (χ3n) is 3.01. The topological polar surface area (TPSA) is 101 Å². The largest absolute Gasteiger partial charge is 0.462 e. The van der Waals surface area contributed by atoms with Crippen LogP contribution in [0, 0.1) is 11.8 Å². The second-order valence-corrected chi connectivity index (χ2v) is 4.50. The Kier molecular flexibility index (Phi) is 4.40. The molecule has 0 amide bonds. The van der Waals surface area contributed by atoms with Crippen molar-refractivity contribution in [3.8, 4) is 0 Å². The predicted molar refractivity (Wildman–Crippen MR) is 74.1 cm³/mol. The molecule has 8 heteroatoms. The quantitative estimate of drug-likeness (QED) is 0.388. The van der Waals surface area contributed by atoms with Crippen molar-refractivity contribution in [1.29, 1.82) is 0 Å². The van der Waals surface area contributed by atoms with Crippen molar-refractivity contribution >= 4 is 23.0 Å². The predicted octanol–water partition coefficient (Wildman–Crippen LogP) is 0.821. The first-order valence-corrected chi connectivity index (χ1v) is 6.50. The van der Waals surface area contributed by atoms with E-state index in [1.807, 2.05) is 0 Å². The molecule has 2 aromatic rings. The van der Waals surface area contributed by atoms with Crippen molar-refractivity contribution in [2.45, 2.75) is 13.8 Å². The zero-order valence-corrected chi connectivity index (χ0v) is 12.1. The summed E-state index contributed by atoms with van der Waals surface area (Å²) in [6.07, 6.45) is 0. The Morgan fingerprint density at radius 2 is 1.86 bits per heavy atom. The lowest BCUT2D eigenvalue weighted by Gasteiger charge is -2.06. The van der Waals surface area contributed by atoms with Gasteiger partial charge in [-0.25, -0.2) is 4.79 Å². The molecule has 116 valence electrons. The summed E-state index contributed by atoms with van der Waals surface area (Å²) in [6, 6.07) is 6.30. The van der Waals surface area contributed by atoms with Gasteiger partial charge in [0.1, 0.15) is 18.9 Å². The lowest BCUT2D eigenvalue weighted by molar-refractivity contribution is -0.470. The highest BCUT2D eigenvalue weighted by Gasteiger charge is 2.30. The van der Waals surface area contributed by atoms with Gasteiger partial charge in [0.2, 0.25) is 0 Å². The molecular weight excluding hydrogens is 292 g/mol. The van der Waals surface area contributed by atoms with Crippen molar-refractivity contribution in [3.05, 3.63) is 40.6 Å². The molecule has 2 rings (SSSR count). The van der Waals surface area contributed by atoms with E-state index in [0.29, 0.717) is 4.43 Å². The standard InChI is InChI=1S/C14H15N2O6/c1-9-13(14(18)22-8-7-21-10(2)17)16(20)12-6-4-3-5-11(12)15(9)19/h3-6,19H,7-8H2,1-2H3/q+1. The van der Waals surface area contributed by atoms with Crippen LogP contribution in [0.2, 0.25) is 0 Å². The maximum Gasteiger partial charge on any atom is 0.411 e. The molecule has 0 fully saturated rings. The average Bonchev–Trinajstić information content (AvgIpc) is 2.49. The molecule has 1 N–H and O–H groups in total. The van der Waals surface area contributed by atoms with Crippen LogP contribution in [0.5, 0.6) is 0 Å². The van der Waals surface area contributed by atoms with Gasteiger partial charge in [-0.15, -0.1) is 0 Å². The first-order chi connectivity index (χ1) is 10.4. The van der Waals surface area contributed by atoms with E-state index in [9.17, 15) is 19.7 Å². The van der Waals surface area contributed by atoms with E-state index in [0.717, 1.165) is 4.73 Å². The first-order valence-electron chi connectivity index (χ1n) is 6.50. The number of benzene rings is 1. The summed E-state index contributed by atoms with van der Waals surface area (Å²) in [7, 11) is 0. The molecular formula is C14H15N2O6+. The molecule has 1 aromatic carbocycles. The second-order valence-electron chi connectivity index (χ2n) is 4.50. The van der Waals surface area contributed by atoms with Gasteiger partial charge in [0.15, 0.2) is 5.52 Å². The summed E-state index contributed by atoms with van der Waals surface area (Å²) in [5.74, 6) is -1.40. The molecule has 0 unspecified atom stereocenters. The van der Waals surface area contributed by atoms with E-state index in [-0.39, 0.29) is 35.6 Å². The molecule has 0 aliphatic rings. The summed E-state index contributed by atoms with van der Waals surface area (Å²) in [5, 5.41) is 10.0. The fourth-order valence-corrected chi connectivity index (χ4v) is 1.98. The number of ether oxygens (including phenoxy) is 2. The molecule has 0 saturated carbocycles. The maximum absolute atomic E-state index is 12.3. The van der Waals surface area contributed by atoms with Crippen molar-refractivity contribution in [3.63, 3.8) is 0 Å². The average molecular weight is 307 g/mol. The van der Waals surface area contributed by atoms with Gasteiger partial charge in [-0.1, -0.05) is 12.1 Å². The zero-order chi connectivity index (χ0) is 16.3. The van der Waals surface area contributed by atoms with E-state index in [1.54, 1.807) is 18.2 Å². The van der Waals surface area contributed by atoms with E-state index in [1.165, 1.54) is 19.9 Å². The summed E-state index contributed by atoms with van der Waals surface area (Å²) >= 11 is 0. The molecule has 0 aliphatic carbocycles. The monoisotopic (exact) mass is 307 g/mol. The van der Waals surface area contributed by atoms with Gasteiger partial charge in [0.05, 0.1) is 4.43 Å². The van der Waals surface area contributed by atoms with Crippen LogP contribution in [-0.2, 0) is 14.3 Å². The fourth-order valence-electron chi connectivity index (χ4n) is 1.98. The lowest BCUT2D eigenvalue weighted by atomic mass is 10.2. The Balaban J connectivity index is 2.33. The molecule has 0 atom stereocenters. The Labute approximate surface area is 125 Å². The van der Waals surface area contributed by atoms with Gasteiger partial charge in [-0.2, -0.15) is 4.73 Å². The molecule has 0 spiro atoms. The first kappa shape index (κ1) is 15.5. The van der Waals surface area contributed by atoms with Gasteiger partial charge in [0, 0.05) is 17.9 Å². The van der Waals surface area contributed by atoms with Gasteiger partial charge < -0.3 is 14.7 Å². The molecule has 1 heterocycles. The molecule has 0 radical (unpaired) electrons. The minimum atomic E-state index is -0.909. The van der Waals surface area contributed by atoms with E-state index < -0.39 is 11.9 Å². The molecule has 0 aliphatic heterocycles. The van der Waals surface area contributed by atoms with Crippen LogP contribution in [-0.4, -0.2) is 35.1 Å². The van der Waals surface area contributed by atoms with E-state index >= 15 is 0 Å². The number of fused-ring (bicyclic) bond motifs is 1. The zero-order valence-electron chi connectivity index (χ0n) is 12.1. The van der Waals surface area contributed by atoms with Gasteiger partial charge in [-0.3, -0.25) is 4.79 Å². The number of para-hydroxylation sites is 2. The summed E-state index contributed by atoms with van der Waals surface area (Å²) in [4.78, 5) is 34.9. The maximum atomic E-state index is 12.3. The molecule has 1 aromatic heterocycles. The molecule has 22 heavy (non-hydrogen) atoms. The van der Waals surface area contributed by atoms with Crippen LogP contribution in [0.25, 0.3) is 11.0 Å². The van der Waals surface area contributed by atoms with Crippen LogP contribution in [0.3, 0.4) is 0 Å². The van der Waals surface area contributed by atoms with E-state index in [2.05, 4.69) is 4.74 Å². The molecule has 0 bridgehead atoms. The summed E-state index contributed by atoms with van der Waals surface area (Å²) < 4.78 is 10.7. The minimum Gasteiger partial charge on any atom is -0.462 e. The fraction of sp³-hybridized carbons (Fsp3) is 0.286. The number of hydrogen-bond donors (Lipinski definition) is 1. The van der Waals surface area contributed by atoms with Crippen LogP contribution >= 0.6 is 0 Å². The third kappa shape index (κ3) is 2.90. The second kappa shape index (κ2) is 6.25. The SMILES string of the molecule is CC(=O)OCCOC(=O)c1c(C)n(O)c2ccccc2[n+]1=O. The number of carbonyl (C=O) groups excluding carboxylic acids is 2. The lowest BCUT2D eigenvalue weighted by Crippen LogP contribution is -2.32. The van der Waals surface area contributed by atoms with Gasteiger partial charge >= 0.3 is 17.6 Å². The highest BCUT2D eigenvalue weighted by molar-refractivity contribution is 5.88. The van der Waals surface area contributed by atoms with Crippen LogP contribution < -0.4 is 4.43 Å². The van der Waals surface area contributed by atoms with Crippen molar-refractivity contribution < 1.29 is 28.7 Å². The summed E-state index contributed by atoms with van der Waals surface area (Å²) in [6.45, 7) is 2.36. The van der Waals surface area contributed by atoms with Crippen molar-refractivity contribution in [1.82, 2.24) is 4.73 Å². The number of nitrogens with zero attached hydrogens (tertiary/aromatic N) is 2. The minimum absolute atomic E-state index is 0.0474. The molecule has 0 saturated heterocycles. The number of esters is 2. The van der Waals surface area contributed by atoms with Crippen LogP contribution in [0.4, 0.5) is 0 Å². The number of rotatable bonds is 4. The van der Waals surface area contributed by atoms with Gasteiger partial charge in [0.25, 0.3) is 5.52 Å². The highest BCUT2D eigenvalue weighted by atomic mass is 16.6. The number of hydrogen-bond acceptors (Lipinski definition) is 6. The normalized spacial score (nSPS) is 10.5. The Bertz CT molecular complexity index is 796. The number of carbonyl (C=O) groups is 2. The van der Waals surface area contributed by atoms with Gasteiger partial charge in [-0.05, 0) is 13.0 Å². The van der Waals surface area contributed by atoms with Crippen LogP contribution in [0.15, 0.2) is 24.3 Å². The number of aromatic nitrogens is 2. The van der Waals surface area contributed by atoms with Crippen molar-refractivity contribution in [2.75, 3.05) is 13.2 Å². The third-order valence-corrected chi connectivity index (χ3v) is 3.01. The van der Waals surface area contributed by atoms with E-state index in [4.69, 9.17) is 4.74 Å². The Morgan fingerprint density at radius 3 is 2.55 bits per heavy atom. The summed E-state index contributed by atoms with van der Waals surface area (Å²) in [5.41, 5.74) is 0.115. The molecule has 8 nitrogen and oxygen atoms in total. The highest BCUT2D eigenvalue weighted by Crippen LogP contribution is 2.13. The Hall–Kier alpha value is -2.90. The van der Waals surface area contributed by atoms with Crippen molar-refractivity contribution in [2.24, 2.45) is 0 Å². The Morgan fingerprint density at radius 1 is 1.23 bits per heavy atom. The van der Waals surface area contributed by atoms with Crippen LogP contribution in [0.1, 0.15) is 23.1 Å². The smallest absolute Gasteiger partial charge is 0.411 e.